The lowest BCUT2D eigenvalue weighted by atomic mass is 9.82. The summed E-state index contributed by atoms with van der Waals surface area (Å²) in [6, 6.07) is 11.0. The maximum atomic E-state index is 15.1. The Morgan fingerprint density at radius 2 is 1.40 bits per heavy atom. The molecule has 0 saturated carbocycles. The first-order valence-corrected chi connectivity index (χ1v) is 15.5. The van der Waals surface area contributed by atoms with E-state index in [0.29, 0.717) is 55.6 Å². The van der Waals surface area contributed by atoms with Crippen LogP contribution in [-0.2, 0) is 12.8 Å². The van der Waals surface area contributed by atoms with Crippen molar-refractivity contribution in [2.75, 3.05) is 13.2 Å². The summed E-state index contributed by atoms with van der Waals surface area (Å²) < 4.78 is 84.6. The molecule has 0 radical (unpaired) electrons. The average Bonchev–Trinajstić information content (AvgIpc) is 3.01. The first kappa shape index (κ1) is 32.6. The molecule has 3 aromatic carbocycles. The number of halogens is 5. The summed E-state index contributed by atoms with van der Waals surface area (Å²) in [5.74, 6) is -4.53. The van der Waals surface area contributed by atoms with Crippen molar-refractivity contribution < 1.29 is 31.4 Å². The molecule has 0 fully saturated rings. The lowest BCUT2D eigenvalue weighted by molar-refractivity contribution is 0.284. The molecule has 232 valence electrons. The molecular weight excluding hydrogens is 559 g/mol. The molecule has 0 saturated heterocycles. The van der Waals surface area contributed by atoms with Crippen molar-refractivity contribution >= 4 is 5.57 Å². The van der Waals surface area contributed by atoms with Gasteiger partial charge in [-0.3, -0.25) is 0 Å². The van der Waals surface area contributed by atoms with E-state index < -0.39 is 29.1 Å². The molecular formula is C36H41F5O2. The summed E-state index contributed by atoms with van der Waals surface area (Å²) in [4.78, 5) is 0. The summed E-state index contributed by atoms with van der Waals surface area (Å²) in [5, 5.41) is 0. The van der Waals surface area contributed by atoms with Gasteiger partial charge in [0.15, 0.2) is 23.1 Å². The molecule has 0 amide bonds. The Balaban J connectivity index is 1.35. The van der Waals surface area contributed by atoms with Crippen LogP contribution in [0.15, 0.2) is 48.5 Å². The highest BCUT2D eigenvalue weighted by atomic mass is 19.2. The molecule has 43 heavy (non-hydrogen) atoms. The molecule has 4 rings (SSSR count). The Labute approximate surface area is 251 Å². The Hall–Kier alpha value is -3.35. The minimum atomic E-state index is -0.990. The average molecular weight is 601 g/mol. The zero-order chi connectivity index (χ0) is 30.8. The maximum absolute atomic E-state index is 15.1. The van der Waals surface area contributed by atoms with E-state index in [9.17, 15) is 17.6 Å². The van der Waals surface area contributed by atoms with Gasteiger partial charge in [-0.1, -0.05) is 69.9 Å². The Bertz CT molecular complexity index is 1400. The molecule has 0 aromatic heterocycles. The topological polar surface area (TPSA) is 18.5 Å². The number of unbranched alkanes of at least 4 members (excludes halogenated alkanes) is 4. The molecule has 0 aliphatic heterocycles. The van der Waals surface area contributed by atoms with Crippen LogP contribution in [0.3, 0.4) is 0 Å². The third-order valence-electron chi connectivity index (χ3n) is 8.13. The van der Waals surface area contributed by atoms with Gasteiger partial charge in [-0.25, -0.2) is 13.2 Å². The normalized spacial score (nSPS) is 15.0. The molecule has 0 spiro atoms. The van der Waals surface area contributed by atoms with Crippen LogP contribution in [-0.4, -0.2) is 13.2 Å². The highest BCUT2D eigenvalue weighted by Gasteiger charge is 2.24. The van der Waals surface area contributed by atoms with Gasteiger partial charge < -0.3 is 9.47 Å². The molecule has 1 aliphatic rings. The second kappa shape index (κ2) is 15.9. The van der Waals surface area contributed by atoms with Crippen molar-refractivity contribution in [2.24, 2.45) is 0 Å². The van der Waals surface area contributed by atoms with Crippen LogP contribution in [0.5, 0.6) is 11.5 Å². The number of aryl methyl sites for hydroxylation is 2. The van der Waals surface area contributed by atoms with E-state index >= 15 is 4.39 Å². The minimum Gasteiger partial charge on any atom is -0.490 e. The second-order valence-corrected chi connectivity index (χ2v) is 11.3. The van der Waals surface area contributed by atoms with Gasteiger partial charge >= 0.3 is 0 Å². The highest BCUT2D eigenvalue weighted by molar-refractivity contribution is 5.67. The number of allylic oxidation sites excluding steroid dienone is 2. The van der Waals surface area contributed by atoms with Crippen molar-refractivity contribution in [2.45, 2.75) is 90.4 Å². The van der Waals surface area contributed by atoms with Crippen molar-refractivity contribution in [3.05, 3.63) is 99.9 Å². The van der Waals surface area contributed by atoms with Gasteiger partial charge in [0.2, 0.25) is 11.6 Å². The molecule has 0 heterocycles. The second-order valence-electron chi connectivity index (χ2n) is 11.3. The lowest BCUT2D eigenvalue weighted by Crippen LogP contribution is -2.09. The van der Waals surface area contributed by atoms with E-state index in [1.54, 1.807) is 18.2 Å². The molecule has 2 nitrogen and oxygen atoms in total. The van der Waals surface area contributed by atoms with Crippen molar-refractivity contribution in [3.63, 3.8) is 0 Å². The molecule has 1 unspecified atom stereocenters. The first-order chi connectivity index (χ1) is 20.8. The quantitative estimate of drug-likeness (QED) is 0.128. The number of benzene rings is 3. The molecule has 7 heteroatoms. The molecule has 1 atom stereocenters. The van der Waals surface area contributed by atoms with Crippen LogP contribution >= 0.6 is 0 Å². The van der Waals surface area contributed by atoms with Gasteiger partial charge in [0.05, 0.1) is 13.2 Å². The van der Waals surface area contributed by atoms with E-state index in [4.69, 9.17) is 9.47 Å². The zero-order valence-electron chi connectivity index (χ0n) is 25.1. The van der Waals surface area contributed by atoms with Gasteiger partial charge in [-0.2, -0.15) is 8.78 Å². The fourth-order valence-electron chi connectivity index (χ4n) is 5.50. The van der Waals surface area contributed by atoms with E-state index in [2.05, 4.69) is 6.92 Å². The van der Waals surface area contributed by atoms with Gasteiger partial charge in [0.25, 0.3) is 0 Å². The number of hydrogen-bond donors (Lipinski definition) is 0. The van der Waals surface area contributed by atoms with Gasteiger partial charge in [0, 0.05) is 5.56 Å². The summed E-state index contributed by atoms with van der Waals surface area (Å²) in [6.45, 7) is 4.77. The first-order valence-electron chi connectivity index (χ1n) is 15.5. The third kappa shape index (κ3) is 8.39. The molecule has 1 aliphatic carbocycles. The van der Waals surface area contributed by atoms with E-state index in [1.165, 1.54) is 24.3 Å². The van der Waals surface area contributed by atoms with Crippen molar-refractivity contribution in [1.82, 2.24) is 0 Å². The lowest BCUT2D eigenvalue weighted by Gasteiger charge is -2.24. The van der Waals surface area contributed by atoms with Gasteiger partial charge in [0.1, 0.15) is 5.82 Å². The van der Waals surface area contributed by atoms with E-state index in [1.807, 2.05) is 13.0 Å². The van der Waals surface area contributed by atoms with Crippen molar-refractivity contribution in [1.29, 1.82) is 0 Å². The number of rotatable bonds is 15. The summed E-state index contributed by atoms with van der Waals surface area (Å²) in [7, 11) is 0. The van der Waals surface area contributed by atoms with E-state index in [-0.39, 0.29) is 29.4 Å². The van der Waals surface area contributed by atoms with Crippen LogP contribution < -0.4 is 9.47 Å². The maximum Gasteiger partial charge on any atom is 0.200 e. The monoisotopic (exact) mass is 600 g/mol. The van der Waals surface area contributed by atoms with Gasteiger partial charge in [-0.15, -0.1) is 0 Å². The Kier molecular flexibility index (Phi) is 12.1. The fourth-order valence-corrected chi connectivity index (χ4v) is 5.50. The summed E-state index contributed by atoms with van der Waals surface area (Å²) >= 11 is 0. The predicted molar refractivity (Wildman–Crippen MR) is 161 cm³/mol. The van der Waals surface area contributed by atoms with Crippen LogP contribution in [0.25, 0.3) is 5.57 Å². The standard InChI is InChI=1S/C36H41F5O2/c1-3-5-7-8-22-43-31-19-16-27(33(38)35(31)40)11-9-24-10-17-28(30(37)23-24)25-12-14-26(15-13-25)29-18-20-32(36(41)34(29)39)42-21-6-4-2/h10,12,16-20,23,26H,3-9,11,13-15,21-22H2,1-2H3. The third-order valence-corrected chi connectivity index (χ3v) is 8.13. The summed E-state index contributed by atoms with van der Waals surface area (Å²) in [6.07, 6.45) is 9.58. The van der Waals surface area contributed by atoms with Gasteiger partial charge in [-0.05, 0) is 91.3 Å². The fraction of sp³-hybridized carbons (Fsp3) is 0.444. The predicted octanol–water partition coefficient (Wildman–Crippen LogP) is 10.7. The van der Waals surface area contributed by atoms with E-state index in [0.717, 1.165) is 44.1 Å². The van der Waals surface area contributed by atoms with Crippen LogP contribution in [0.2, 0.25) is 0 Å². The Morgan fingerprint density at radius 3 is 2.07 bits per heavy atom. The molecule has 0 N–H and O–H groups in total. The van der Waals surface area contributed by atoms with Crippen LogP contribution in [0.4, 0.5) is 22.0 Å². The minimum absolute atomic E-state index is 0.0732. The summed E-state index contributed by atoms with van der Waals surface area (Å²) in [5.41, 5.74) is 2.47. The number of ether oxygens (including phenoxy) is 2. The van der Waals surface area contributed by atoms with Crippen LogP contribution in [0.1, 0.15) is 99.8 Å². The van der Waals surface area contributed by atoms with Crippen LogP contribution in [0, 0.1) is 29.1 Å². The SMILES string of the molecule is CCCCCCOc1ccc(CCc2ccc(C3=CCC(c4ccc(OCCCC)c(F)c4F)CC3)c(F)c2)c(F)c1F. The van der Waals surface area contributed by atoms with Crippen molar-refractivity contribution in [3.8, 4) is 11.5 Å². The smallest absolute Gasteiger partial charge is 0.200 e. The number of hydrogen-bond acceptors (Lipinski definition) is 2. The zero-order valence-corrected chi connectivity index (χ0v) is 25.1. The molecule has 0 bridgehead atoms. The largest absolute Gasteiger partial charge is 0.490 e. The highest BCUT2D eigenvalue weighted by Crippen LogP contribution is 2.39. The Morgan fingerprint density at radius 1 is 0.698 bits per heavy atom. The molecule has 3 aromatic rings.